The first kappa shape index (κ1) is 20.4. The number of ether oxygens (including phenoxy) is 1. The molecule has 0 saturated carbocycles. The number of para-hydroxylation sites is 1. The number of thiazole rings is 1. The molecule has 0 fully saturated rings. The highest BCUT2D eigenvalue weighted by Gasteiger charge is 2.26. The molecule has 0 spiro atoms. The lowest BCUT2D eigenvalue weighted by Crippen LogP contribution is -2.13. The molecular formula is C27H22N2O2S2. The molecule has 2 aromatic heterocycles. The number of aryl methyl sites for hydroxylation is 1. The van der Waals surface area contributed by atoms with Crippen LogP contribution in [0.5, 0.6) is 5.75 Å². The number of carbonyl (C=O) groups is 1. The van der Waals surface area contributed by atoms with Gasteiger partial charge in [-0.25, -0.2) is 4.98 Å². The SMILES string of the molecule is COc1ccc2ccccc2c1C(=O)Nc1sc2c(c1-c1nc3ccccc3s1)CCCC2. The van der Waals surface area contributed by atoms with Gasteiger partial charge in [0.15, 0.2) is 0 Å². The third-order valence-electron chi connectivity index (χ3n) is 6.24. The van der Waals surface area contributed by atoms with Crippen LogP contribution in [0.15, 0.2) is 60.7 Å². The standard InChI is InChI=1S/C27H22N2O2S2/c1-31-20-15-14-16-8-2-3-9-17(16)23(20)25(30)29-27-24(18-10-4-6-12-21(18)32-27)26-28-19-11-5-7-13-22(19)33-26/h2-3,5,7-9,11,13-15H,4,6,10,12H2,1H3,(H,29,30). The minimum atomic E-state index is -0.149. The molecule has 1 amide bonds. The summed E-state index contributed by atoms with van der Waals surface area (Å²) in [7, 11) is 1.61. The van der Waals surface area contributed by atoms with E-state index >= 15 is 0 Å². The van der Waals surface area contributed by atoms with Gasteiger partial charge in [-0.2, -0.15) is 0 Å². The third kappa shape index (κ3) is 3.50. The molecule has 164 valence electrons. The predicted molar refractivity (Wildman–Crippen MR) is 138 cm³/mol. The molecule has 0 aliphatic heterocycles. The second-order valence-corrected chi connectivity index (χ2v) is 10.4. The minimum Gasteiger partial charge on any atom is -0.496 e. The smallest absolute Gasteiger partial charge is 0.260 e. The highest BCUT2D eigenvalue weighted by atomic mass is 32.1. The van der Waals surface area contributed by atoms with Gasteiger partial charge in [0.2, 0.25) is 0 Å². The average molecular weight is 471 g/mol. The molecule has 1 aliphatic carbocycles. The zero-order valence-corrected chi connectivity index (χ0v) is 19.8. The number of carbonyl (C=O) groups excluding carboxylic acids is 1. The maximum atomic E-state index is 13.7. The van der Waals surface area contributed by atoms with E-state index in [2.05, 4.69) is 11.4 Å². The van der Waals surface area contributed by atoms with Crippen LogP contribution in [0.3, 0.4) is 0 Å². The summed E-state index contributed by atoms with van der Waals surface area (Å²) in [6.45, 7) is 0. The molecule has 33 heavy (non-hydrogen) atoms. The van der Waals surface area contributed by atoms with Crippen LogP contribution >= 0.6 is 22.7 Å². The Morgan fingerprint density at radius 1 is 0.970 bits per heavy atom. The van der Waals surface area contributed by atoms with Crippen molar-refractivity contribution in [3.63, 3.8) is 0 Å². The number of anilines is 1. The van der Waals surface area contributed by atoms with Crippen molar-refractivity contribution in [3.8, 4) is 16.3 Å². The van der Waals surface area contributed by atoms with E-state index in [0.717, 1.165) is 49.4 Å². The molecule has 6 rings (SSSR count). The quantitative estimate of drug-likeness (QED) is 0.299. The number of aromatic nitrogens is 1. The lowest BCUT2D eigenvalue weighted by molar-refractivity contribution is 0.102. The molecule has 2 heterocycles. The summed E-state index contributed by atoms with van der Waals surface area (Å²) in [6, 6.07) is 20.0. The minimum absolute atomic E-state index is 0.149. The number of amides is 1. The molecule has 0 radical (unpaired) electrons. The summed E-state index contributed by atoms with van der Waals surface area (Å²) >= 11 is 3.40. The number of rotatable bonds is 4. The van der Waals surface area contributed by atoms with Crippen molar-refractivity contribution in [2.45, 2.75) is 25.7 Å². The van der Waals surface area contributed by atoms with E-state index in [1.165, 1.54) is 23.3 Å². The van der Waals surface area contributed by atoms with Crippen molar-refractivity contribution in [1.29, 1.82) is 0 Å². The van der Waals surface area contributed by atoms with Gasteiger partial charge in [0.05, 0.1) is 22.9 Å². The molecule has 0 unspecified atom stereocenters. The van der Waals surface area contributed by atoms with Gasteiger partial charge in [-0.1, -0.05) is 42.5 Å². The molecule has 0 atom stereocenters. The first-order valence-corrected chi connectivity index (χ1v) is 12.7. The molecule has 4 nitrogen and oxygen atoms in total. The van der Waals surface area contributed by atoms with Crippen molar-refractivity contribution in [3.05, 3.63) is 76.7 Å². The van der Waals surface area contributed by atoms with Gasteiger partial charge in [-0.3, -0.25) is 4.79 Å². The van der Waals surface area contributed by atoms with Gasteiger partial charge in [0.25, 0.3) is 5.91 Å². The van der Waals surface area contributed by atoms with Crippen LogP contribution in [-0.4, -0.2) is 18.0 Å². The second kappa shape index (κ2) is 8.28. The zero-order valence-electron chi connectivity index (χ0n) is 18.2. The first-order valence-electron chi connectivity index (χ1n) is 11.1. The van der Waals surface area contributed by atoms with Crippen LogP contribution in [0.25, 0.3) is 31.6 Å². The van der Waals surface area contributed by atoms with Gasteiger partial charge in [-0.05, 0) is 60.2 Å². The molecule has 5 aromatic rings. The lowest BCUT2D eigenvalue weighted by atomic mass is 9.95. The molecule has 1 aliphatic rings. The van der Waals surface area contributed by atoms with E-state index in [1.807, 2.05) is 54.6 Å². The number of hydrogen-bond donors (Lipinski definition) is 1. The summed E-state index contributed by atoms with van der Waals surface area (Å²) in [4.78, 5) is 20.0. The Bertz CT molecular complexity index is 1480. The van der Waals surface area contributed by atoms with Crippen LogP contribution in [0.1, 0.15) is 33.6 Å². The van der Waals surface area contributed by atoms with E-state index in [-0.39, 0.29) is 5.91 Å². The van der Waals surface area contributed by atoms with Crippen LogP contribution in [0.2, 0.25) is 0 Å². The number of thiophene rings is 1. The molecule has 6 heteroatoms. The van der Waals surface area contributed by atoms with Crippen LogP contribution in [-0.2, 0) is 12.8 Å². The summed E-state index contributed by atoms with van der Waals surface area (Å²) in [5, 5.41) is 7.03. The highest BCUT2D eigenvalue weighted by molar-refractivity contribution is 7.23. The Morgan fingerprint density at radius 2 is 1.79 bits per heavy atom. The van der Waals surface area contributed by atoms with Gasteiger partial charge in [0, 0.05) is 10.4 Å². The van der Waals surface area contributed by atoms with Crippen molar-refractivity contribution in [2.75, 3.05) is 12.4 Å². The van der Waals surface area contributed by atoms with E-state index in [0.29, 0.717) is 11.3 Å². The molecule has 0 bridgehead atoms. The monoisotopic (exact) mass is 470 g/mol. The average Bonchev–Trinajstić information content (AvgIpc) is 3.43. The highest BCUT2D eigenvalue weighted by Crippen LogP contribution is 2.46. The first-order chi connectivity index (χ1) is 16.2. The molecule has 1 N–H and O–H groups in total. The zero-order chi connectivity index (χ0) is 22.4. The van der Waals surface area contributed by atoms with Gasteiger partial charge >= 0.3 is 0 Å². The fraction of sp³-hybridized carbons (Fsp3) is 0.185. The second-order valence-electron chi connectivity index (χ2n) is 8.22. The number of fused-ring (bicyclic) bond motifs is 3. The Morgan fingerprint density at radius 3 is 2.67 bits per heavy atom. The van der Waals surface area contributed by atoms with Crippen molar-refractivity contribution in [1.82, 2.24) is 4.98 Å². The van der Waals surface area contributed by atoms with Crippen molar-refractivity contribution < 1.29 is 9.53 Å². The summed E-state index contributed by atoms with van der Waals surface area (Å²) in [5.74, 6) is 0.429. The van der Waals surface area contributed by atoms with Crippen molar-refractivity contribution in [2.24, 2.45) is 0 Å². The number of nitrogens with zero attached hydrogens (tertiary/aromatic N) is 1. The van der Waals surface area contributed by atoms with Gasteiger partial charge in [0.1, 0.15) is 15.8 Å². The largest absolute Gasteiger partial charge is 0.496 e. The van der Waals surface area contributed by atoms with Crippen LogP contribution in [0.4, 0.5) is 5.00 Å². The number of benzene rings is 3. The molecular weight excluding hydrogens is 448 g/mol. The Balaban J connectivity index is 1.48. The normalized spacial score (nSPS) is 13.2. The van der Waals surface area contributed by atoms with Crippen molar-refractivity contribution >= 4 is 54.6 Å². The van der Waals surface area contributed by atoms with Crippen LogP contribution in [0, 0.1) is 0 Å². The summed E-state index contributed by atoms with van der Waals surface area (Å²) < 4.78 is 6.74. The summed E-state index contributed by atoms with van der Waals surface area (Å²) in [6.07, 6.45) is 4.46. The number of hydrogen-bond acceptors (Lipinski definition) is 5. The number of nitrogens with one attached hydrogen (secondary N) is 1. The number of methoxy groups -OCH3 is 1. The van der Waals surface area contributed by atoms with E-state index in [9.17, 15) is 4.79 Å². The lowest BCUT2D eigenvalue weighted by Gasteiger charge is -2.13. The van der Waals surface area contributed by atoms with E-state index in [4.69, 9.17) is 9.72 Å². The summed E-state index contributed by atoms with van der Waals surface area (Å²) in [5.41, 5.74) is 4.02. The third-order valence-corrected chi connectivity index (χ3v) is 8.51. The molecule has 3 aromatic carbocycles. The Labute approximate surface area is 199 Å². The van der Waals surface area contributed by atoms with Gasteiger partial charge in [-0.15, -0.1) is 22.7 Å². The Kier molecular flexibility index (Phi) is 5.12. The maximum absolute atomic E-state index is 13.7. The van der Waals surface area contributed by atoms with E-state index in [1.54, 1.807) is 29.8 Å². The van der Waals surface area contributed by atoms with Crippen LogP contribution < -0.4 is 10.1 Å². The molecule has 0 saturated heterocycles. The fourth-order valence-corrected chi connectivity index (χ4v) is 7.08. The van der Waals surface area contributed by atoms with E-state index < -0.39 is 0 Å². The topological polar surface area (TPSA) is 51.2 Å². The predicted octanol–water partition coefficient (Wildman–Crippen LogP) is 7.32. The fourth-order valence-electron chi connectivity index (χ4n) is 4.68. The Hall–Kier alpha value is -3.22. The maximum Gasteiger partial charge on any atom is 0.260 e. The van der Waals surface area contributed by atoms with Gasteiger partial charge < -0.3 is 10.1 Å².